The van der Waals surface area contributed by atoms with E-state index >= 15 is 0 Å². The van der Waals surface area contributed by atoms with Crippen LogP contribution in [-0.4, -0.2) is 40.2 Å². The Bertz CT molecular complexity index is 597. The van der Waals surface area contributed by atoms with Crippen molar-refractivity contribution in [2.45, 2.75) is 38.7 Å². The first-order valence-corrected chi connectivity index (χ1v) is 6.90. The van der Waals surface area contributed by atoms with E-state index in [-0.39, 0.29) is 24.2 Å². The van der Waals surface area contributed by atoms with Crippen LogP contribution in [0.1, 0.15) is 25.8 Å². The molecule has 0 unspecified atom stereocenters. The Morgan fingerprint density at radius 2 is 2.29 bits per heavy atom. The molecule has 2 heterocycles. The second-order valence-electron chi connectivity index (χ2n) is 5.71. The van der Waals surface area contributed by atoms with Crippen LogP contribution < -0.4 is 0 Å². The van der Waals surface area contributed by atoms with Gasteiger partial charge in [-0.2, -0.15) is 5.10 Å². The van der Waals surface area contributed by atoms with Crippen LogP contribution in [0.25, 0.3) is 0 Å². The number of benzene rings is 1. The molecule has 2 aliphatic rings. The fourth-order valence-corrected chi connectivity index (χ4v) is 2.47. The summed E-state index contributed by atoms with van der Waals surface area (Å²) in [7, 11) is 0. The number of hydrogen-bond acceptors (Lipinski definition) is 5. The molecule has 1 saturated heterocycles. The van der Waals surface area contributed by atoms with E-state index in [2.05, 4.69) is 5.10 Å². The number of ether oxygens (including phenoxy) is 2. The van der Waals surface area contributed by atoms with Gasteiger partial charge < -0.3 is 14.6 Å². The summed E-state index contributed by atoms with van der Waals surface area (Å²) in [5.41, 5.74) is 1.53. The highest BCUT2D eigenvalue weighted by Crippen LogP contribution is 2.26. The van der Waals surface area contributed by atoms with Crippen molar-refractivity contribution in [1.82, 2.24) is 5.01 Å². The van der Waals surface area contributed by atoms with E-state index in [1.54, 1.807) is 18.2 Å². The Morgan fingerprint density at radius 1 is 1.48 bits per heavy atom. The van der Waals surface area contributed by atoms with E-state index in [9.17, 15) is 9.90 Å². The molecule has 0 saturated carbocycles. The summed E-state index contributed by atoms with van der Waals surface area (Å²) >= 11 is 0. The minimum Gasteiger partial charge on any atom is -0.508 e. The minimum absolute atomic E-state index is 0.0679. The summed E-state index contributed by atoms with van der Waals surface area (Å²) in [6, 6.07) is 6.81. The van der Waals surface area contributed by atoms with Gasteiger partial charge in [0.25, 0.3) is 0 Å². The molecule has 1 aromatic carbocycles. The fourth-order valence-electron chi connectivity index (χ4n) is 2.47. The molecule has 1 atom stereocenters. The van der Waals surface area contributed by atoms with Gasteiger partial charge in [-0.25, -0.2) is 5.01 Å². The van der Waals surface area contributed by atoms with Crippen molar-refractivity contribution in [3.63, 3.8) is 0 Å². The molecule has 0 aromatic heterocycles. The predicted molar refractivity (Wildman–Crippen MR) is 75.6 cm³/mol. The van der Waals surface area contributed by atoms with Gasteiger partial charge in [0.1, 0.15) is 11.9 Å². The quantitative estimate of drug-likeness (QED) is 0.918. The fraction of sp³-hybridized carbons (Fsp3) is 0.467. The number of hydrogen-bond donors (Lipinski definition) is 1. The lowest BCUT2D eigenvalue weighted by molar-refractivity contribution is -0.132. The van der Waals surface area contributed by atoms with E-state index in [1.807, 2.05) is 19.9 Å². The van der Waals surface area contributed by atoms with Crippen molar-refractivity contribution in [3.8, 4) is 5.75 Å². The Labute approximate surface area is 123 Å². The molecule has 1 fully saturated rings. The summed E-state index contributed by atoms with van der Waals surface area (Å²) in [6.45, 7) is 4.44. The molecule has 1 amide bonds. The Kier molecular flexibility index (Phi) is 3.43. The number of amides is 1. The Morgan fingerprint density at radius 3 is 2.95 bits per heavy atom. The van der Waals surface area contributed by atoms with Gasteiger partial charge in [0, 0.05) is 0 Å². The normalized spacial score (nSPS) is 24.5. The third-order valence-corrected chi connectivity index (χ3v) is 3.49. The number of aromatic hydroxyl groups is 1. The molecule has 0 spiro atoms. The molecule has 1 aromatic rings. The van der Waals surface area contributed by atoms with E-state index in [0.717, 1.165) is 5.56 Å². The van der Waals surface area contributed by atoms with Crippen molar-refractivity contribution in [2.75, 3.05) is 6.61 Å². The number of carbonyl (C=O) groups is 1. The van der Waals surface area contributed by atoms with Crippen LogP contribution in [0.15, 0.2) is 29.4 Å². The van der Waals surface area contributed by atoms with E-state index in [1.165, 1.54) is 5.01 Å². The van der Waals surface area contributed by atoms with Gasteiger partial charge in [0.2, 0.25) is 5.91 Å². The molecule has 6 heteroatoms. The maximum absolute atomic E-state index is 12.0. The van der Waals surface area contributed by atoms with E-state index in [0.29, 0.717) is 18.9 Å². The van der Waals surface area contributed by atoms with Crippen LogP contribution in [-0.2, 0) is 20.8 Å². The highest BCUT2D eigenvalue weighted by Gasteiger charge is 2.39. The van der Waals surface area contributed by atoms with E-state index in [4.69, 9.17) is 9.47 Å². The smallest absolute Gasteiger partial charge is 0.248 e. The summed E-state index contributed by atoms with van der Waals surface area (Å²) in [4.78, 5) is 12.0. The number of hydrazone groups is 1. The molecule has 1 N–H and O–H groups in total. The first kappa shape index (κ1) is 14.0. The zero-order valence-corrected chi connectivity index (χ0v) is 12.1. The van der Waals surface area contributed by atoms with Crippen LogP contribution in [0.5, 0.6) is 5.75 Å². The summed E-state index contributed by atoms with van der Waals surface area (Å²) in [5, 5.41) is 15.2. The molecule has 3 rings (SSSR count). The molecule has 2 aliphatic heterocycles. The lowest BCUT2D eigenvalue weighted by atomic mass is 10.1. The Balaban J connectivity index is 1.71. The standard InChI is InChI=1S/C15H18N2O4/c1-15(2)20-9-13(21-15)12-7-14(19)17(16-12)8-10-4-3-5-11(18)6-10/h3-6,13,18H,7-9H2,1-2H3/t13-/m1/s1. The van der Waals surface area contributed by atoms with Crippen LogP contribution in [0.3, 0.4) is 0 Å². The van der Waals surface area contributed by atoms with Gasteiger partial charge in [0.15, 0.2) is 5.79 Å². The van der Waals surface area contributed by atoms with Gasteiger partial charge >= 0.3 is 0 Å². The molecular formula is C15H18N2O4. The maximum atomic E-state index is 12.0. The van der Waals surface area contributed by atoms with E-state index < -0.39 is 5.79 Å². The average molecular weight is 290 g/mol. The van der Waals surface area contributed by atoms with Crippen LogP contribution in [0.4, 0.5) is 0 Å². The lowest BCUT2D eigenvalue weighted by Crippen LogP contribution is -2.26. The van der Waals surface area contributed by atoms with Gasteiger partial charge in [-0.1, -0.05) is 12.1 Å². The first-order chi connectivity index (χ1) is 9.93. The van der Waals surface area contributed by atoms with Gasteiger partial charge in [-0.15, -0.1) is 0 Å². The number of carbonyl (C=O) groups excluding carboxylic acids is 1. The maximum Gasteiger partial charge on any atom is 0.248 e. The van der Waals surface area contributed by atoms with Gasteiger partial charge in [-0.3, -0.25) is 4.79 Å². The number of phenols is 1. The van der Waals surface area contributed by atoms with Crippen molar-refractivity contribution < 1.29 is 19.4 Å². The third-order valence-electron chi connectivity index (χ3n) is 3.49. The monoisotopic (exact) mass is 290 g/mol. The summed E-state index contributed by atoms with van der Waals surface area (Å²) in [6.07, 6.45) is -0.0127. The van der Waals surface area contributed by atoms with Gasteiger partial charge in [0.05, 0.1) is 25.3 Å². The number of nitrogens with zero attached hydrogens (tertiary/aromatic N) is 2. The predicted octanol–water partition coefficient (Wildman–Crippen LogP) is 1.63. The van der Waals surface area contributed by atoms with Crippen molar-refractivity contribution >= 4 is 11.6 Å². The molecule has 0 aliphatic carbocycles. The van der Waals surface area contributed by atoms with Crippen LogP contribution in [0, 0.1) is 0 Å². The first-order valence-electron chi connectivity index (χ1n) is 6.90. The van der Waals surface area contributed by atoms with Crippen molar-refractivity contribution in [3.05, 3.63) is 29.8 Å². The largest absolute Gasteiger partial charge is 0.508 e. The molecule has 0 radical (unpaired) electrons. The Hall–Kier alpha value is -1.92. The molecule has 21 heavy (non-hydrogen) atoms. The topological polar surface area (TPSA) is 71.4 Å². The highest BCUT2D eigenvalue weighted by atomic mass is 16.7. The zero-order valence-electron chi connectivity index (χ0n) is 12.1. The highest BCUT2D eigenvalue weighted by molar-refractivity contribution is 6.07. The van der Waals surface area contributed by atoms with Crippen LogP contribution >= 0.6 is 0 Å². The molecular weight excluding hydrogens is 272 g/mol. The average Bonchev–Trinajstić information content (AvgIpc) is 2.93. The minimum atomic E-state index is -0.630. The third kappa shape index (κ3) is 3.06. The summed E-state index contributed by atoms with van der Waals surface area (Å²) < 4.78 is 11.2. The molecule has 0 bridgehead atoms. The second kappa shape index (κ2) is 5.13. The van der Waals surface area contributed by atoms with Gasteiger partial charge in [-0.05, 0) is 31.5 Å². The summed E-state index contributed by atoms with van der Waals surface area (Å²) in [5.74, 6) is -0.520. The molecule has 6 nitrogen and oxygen atoms in total. The van der Waals surface area contributed by atoms with Crippen LogP contribution in [0.2, 0.25) is 0 Å². The zero-order chi connectivity index (χ0) is 15.0. The van der Waals surface area contributed by atoms with Crippen molar-refractivity contribution in [1.29, 1.82) is 0 Å². The lowest BCUT2D eigenvalue weighted by Gasteiger charge is -2.16. The second-order valence-corrected chi connectivity index (χ2v) is 5.71. The SMILES string of the molecule is CC1(C)OC[C@H](C2=NN(Cc3cccc(O)c3)C(=O)C2)O1. The van der Waals surface area contributed by atoms with Crippen molar-refractivity contribution in [2.24, 2.45) is 5.10 Å². The molecule has 112 valence electrons. The number of phenolic OH excluding ortho intramolecular Hbond substituents is 1. The number of rotatable bonds is 3.